The number of benzene rings is 2. The molecule has 0 radical (unpaired) electrons. The SMILES string of the molecule is O=C(CCn1c(=O)oc2ccccc21)Nc1ccccc1OC1CCCC1. The molecule has 0 spiro atoms. The molecule has 1 amide bonds. The molecule has 1 aliphatic rings. The zero-order valence-corrected chi connectivity index (χ0v) is 15.0. The molecule has 1 heterocycles. The number of anilines is 1. The number of rotatable bonds is 6. The van der Waals surface area contributed by atoms with Gasteiger partial charge in [-0.3, -0.25) is 9.36 Å². The second-order valence-electron chi connectivity index (χ2n) is 6.81. The Labute approximate surface area is 156 Å². The first-order valence-electron chi connectivity index (χ1n) is 9.34. The van der Waals surface area contributed by atoms with Crippen LogP contribution < -0.4 is 15.8 Å². The molecule has 1 N–H and O–H groups in total. The summed E-state index contributed by atoms with van der Waals surface area (Å²) in [5.41, 5.74) is 1.89. The van der Waals surface area contributed by atoms with E-state index in [1.165, 1.54) is 17.4 Å². The van der Waals surface area contributed by atoms with Gasteiger partial charge >= 0.3 is 5.76 Å². The summed E-state index contributed by atoms with van der Waals surface area (Å²) in [5, 5.41) is 2.90. The summed E-state index contributed by atoms with van der Waals surface area (Å²) in [6, 6.07) is 14.7. The maximum Gasteiger partial charge on any atom is 0.419 e. The number of nitrogens with one attached hydrogen (secondary N) is 1. The number of hydrogen-bond acceptors (Lipinski definition) is 4. The van der Waals surface area contributed by atoms with E-state index >= 15 is 0 Å². The molecule has 6 nitrogen and oxygen atoms in total. The van der Waals surface area contributed by atoms with E-state index in [0.717, 1.165) is 12.8 Å². The lowest BCUT2D eigenvalue weighted by Crippen LogP contribution is -2.20. The highest BCUT2D eigenvalue weighted by molar-refractivity contribution is 5.92. The van der Waals surface area contributed by atoms with Crippen molar-refractivity contribution in [2.24, 2.45) is 0 Å². The summed E-state index contributed by atoms with van der Waals surface area (Å²) in [6.07, 6.45) is 4.87. The summed E-state index contributed by atoms with van der Waals surface area (Å²) < 4.78 is 12.7. The quantitative estimate of drug-likeness (QED) is 0.717. The average Bonchev–Trinajstić information content (AvgIpc) is 3.28. The van der Waals surface area contributed by atoms with Crippen LogP contribution in [0.2, 0.25) is 0 Å². The van der Waals surface area contributed by atoms with E-state index in [0.29, 0.717) is 22.5 Å². The normalized spacial score (nSPS) is 14.5. The number of carbonyl (C=O) groups is 1. The molecule has 1 saturated carbocycles. The summed E-state index contributed by atoms with van der Waals surface area (Å²) >= 11 is 0. The van der Waals surface area contributed by atoms with Gasteiger partial charge in [-0.1, -0.05) is 24.3 Å². The van der Waals surface area contributed by atoms with Gasteiger partial charge in [0.15, 0.2) is 5.58 Å². The molecule has 1 aliphatic carbocycles. The Balaban J connectivity index is 1.42. The van der Waals surface area contributed by atoms with Crippen LogP contribution >= 0.6 is 0 Å². The highest BCUT2D eigenvalue weighted by Gasteiger charge is 2.18. The third-order valence-electron chi connectivity index (χ3n) is 4.89. The molecule has 6 heteroatoms. The third kappa shape index (κ3) is 3.89. The van der Waals surface area contributed by atoms with Gasteiger partial charge in [0.2, 0.25) is 5.91 Å². The van der Waals surface area contributed by atoms with Gasteiger partial charge in [0.05, 0.1) is 17.3 Å². The van der Waals surface area contributed by atoms with Gasteiger partial charge in [-0.25, -0.2) is 4.79 Å². The molecule has 1 aromatic heterocycles. The van der Waals surface area contributed by atoms with Crippen molar-refractivity contribution in [3.63, 3.8) is 0 Å². The third-order valence-corrected chi connectivity index (χ3v) is 4.89. The second-order valence-corrected chi connectivity index (χ2v) is 6.81. The van der Waals surface area contributed by atoms with Gasteiger partial charge in [-0.05, 0) is 49.9 Å². The Morgan fingerprint density at radius 3 is 2.70 bits per heavy atom. The van der Waals surface area contributed by atoms with E-state index < -0.39 is 5.76 Å². The minimum atomic E-state index is -0.450. The van der Waals surface area contributed by atoms with Gasteiger partial charge < -0.3 is 14.5 Å². The average molecular weight is 366 g/mol. The molecule has 0 saturated heterocycles. The Morgan fingerprint density at radius 1 is 1.11 bits per heavy atom. The number of fused-ring (bicyclic) bond motifs is 1. The van der Waals surface area contributed by atoms with E-state index in [1.807, 2.05) is 42.5 Å². The number of aromatic nitrogens is 1. The van der Waals surface area contributed by atoms with Crippen LogP contribution in [0.15, 0.2) is 57.7 Å². The summed E-state index contributed by atoms with van der Waals surface area (Å²) in [7, 11) is 0. The van der Waals surface area contributed by atoms with Gasteiger partial charge in [0, 0.05) is 13.0 Å². The smallest absolute Gasteiger partial charge is 0.419 e. The van der Waals surface area contributed by atoms with Gasteiger partial charge in [-0.2, -0.15) is 0 Å². The fourth-order valence-electron chi connectivity index (χ4n) is 3.51. The van der Waals surface area contributed by atoms with E-state index in [4.69, 9.17) is 9.15 Å². The van der Waals surface area contributed by atoms with Crippen LogP contribution in [0.3, 0.4) is 0 Å². The number of aryl methyl sites for hydroxylation is 1. The molecular weight excluding hydrogens is 344 g/mol. The maximum atomic E-state index is 12.4. The highest BCUT2D eigenvalue weighted by Crippen LogP contribution is 2.29. The zero-order chi connectivity index (χ0) is 18.6. The predicted octanol–water partition coefficient (Wildman–Crippen LogP) is 3.94. The van der Waals surface area contributed by atoms with Crippen LogP contribution in [-0.4, -0.2) is 16.6 Å². The molecule has 27 heavy (non-hydrogen) atoms. The number of ether oxygens (including phenoxy) is 1. The lowest BCUT2D eigenvalue weighted by atomic mass is 10.2. The fraction of sp³-hybridized carbons (Fsp3) is 0.333. The fourth-order valence-corrected chi connectivity index (χ4v) is 3.51. The lowest BCUT2D eigenvalue weighted by molar-refractivity contribution is -0.116. The van der Waals surface area contributed by atoms with Crippen molar-refractivity contribution in [3.8, 4) is 5.75 Å². The standard InChI is InChI=1S/C21H22N2O4/c24-20(13-14-23-17-10-4-6-12-19(17)27-21(23)25)22-16-9-3-5-11-18(16)26-15-7-1-2-8-15/h3-6,9-12,15H,1-2,7-8,13-14H2,(H,22,24). The van der Waals surface area contributed by atoms with Crippen LogP contribution in [0.5, 0.6) is 5.75 Å². The van der Waals surface area contributed by atoms with E-state index in [9.17, 15) is 9.59 Å². The van der Waals surface area contributed by atoms with Crippen LogP contribution in [-0.2, 0) is 11.3 Å². The monoisotopic (exact) mass is 366 g/mol. The Bertz CT molecular complexity index is 999. The minimum Gasteiger partial charge on any atom is -0.488 e. The molecule has 0 unspecified atom stereocenters. The lowest BCUT2D eigenvalue weighted by Gasteiger charge is -2.17. The number of nitrogens with zero attached hydrogens (tertiary/aromatic N) is 1. The zero-order valence-electron chi connectivity index (χ0n) is 15.0. The number of amides is 1. The molecular formula is C21H22N2O4. The van der Waals surface area contributed by atoms with Crippen LogP contribution in [0.4, 0.5) is 5.69 Å². The number of para-hydroxylation sites is 4. The van der Waals surface area contributed by atoms with Crippen molar-refractivity contribution in [2.45, 2.75) is 44.8 Å². The van der Waals surface area contributed by atoms with Crippen LogP contribution in [0.25, 0.3) is 11.1 Å². The number of carbonyl (C=O) groups excluding carboxylic acids is 1. The first-order chi connectivity index (χ1) is 13.2. The van der Waals surface area contributed by atoms with Gasteiger partial charge in [0.1, 0.15) is 5.75 Å². The molecule has 0 atom stereocenters. The van der Waals surface area contributed by atoms with E-state index in [-0.39, 0.29) is 25.0 Å². The highest BCUT2D eigenvalue weighted by atomic mass is 16.5. The van der Waals surface area contributed by atoms with Crippen molar-refractivity contribution >= 4 is 22.7 Å². The van der Waals surface area contributed by atoms with Gasteiger partial charge in [-0.15, -0.1) is 0 Å². The molecule has 2 aromatic carbocycles. The molecule has 4 rings (SSSR count). The van der Waals surface area contributed by atoms with Crippen molar-refractivity contribution in [1.29, 1.82) is 0 Å². The first-order valence-corrected chi connectivity index (χ1v) is 9.34. The van der Waals surface area contributed by atoms with Crippen molar-refractivity contribution in [3.05, 3.63) is 59.1 Å². The Morgan fingerprint density at radius 2 is 1.85 bits per heavy atom. The summed E-state index contributed by atoms with van der Waals surface area (Å²) in [4.78, 5) is 24.4. The number of hydrogen-bond donors (Lipinski definition) is 1. The molecule has 0 bridgehead atoms. The van der Waals surface area contributed by atoms with Crippen LogP contribution in [0, 0.1) is 0 Å². The van der Waals surface area contributed by atoms with Crippen molar-refractivity contribution in [1.82, 2.24) is 4.57 Å². The Kier molecular flexibility index (Phi) is 4.96. The molecule has 1 fully saturated rings. The Hall–Kier alpha value is -3.02. The summed E-state index contributed by atoms with van der Waals surface area (Å²) in [6.45, 7) is 0.257. The van der Waals surface area contributed by atoms with E-state index in [1.54, 1.807) is 6.07 Å². The predicted molar refractivity (Wildman–Crippen MR) is 103 cm³/mol. The summed E-state index contributed by atoms with van der Waals surface area (Å²) in [5.74, 6) is 0.0762. The van der Waals surface area contributed by atoms with E-state index in [2.05, 4.69) is 5.32 Å². The second kappa shape index (κ2) is 7.70. The maximum absolute atomic E-state index is 12.4. The topological polar surface area (TPSA) is 73.5 Å². The van der Waals surface area contributed by atoms with Crippen molar-refractivity contribution in [2.75, 3.05) is 5.32 Å². The van der Waals surface area contributed by atoms with Crippen molar-refractivity contribution < 1.29 is 13.9 Å². The minimum absolute atomic E-state index is 0.168. The molecule has 3 aromatic rings. The molecule has 140 valence electrons. The molecule has 0 aliphatic heterocycles. The first kappa shape index (κ1) is 17.4. The number of oxazole rings is 1. The van der Waals surface area contributed by atoms with Crippen LogP contribution in [0.1, 0.15) is 32.1 Å². The van der Waals surface area contributed by atoms with Gasteiger partial charge in [0.25, 0.3) is 0 Å². The largest absolute Gasteiger partial charge is 0.488 e.